The largest absolute Gasteiger partial charge is 0.320 e. The number of anilines is 1. The molecule has 13 heavy (non-hydrogen) atoms. The zero-order valence-electron chi connectivity index (χ0n) is 6.92. The number of halogens is 2. The molecule has 1 aromatic heterocycles. The molecule has 1 amide bonds. The van der Waals surface area contributed by atoms with E-state index in [4.69, 9.17) is 0 Å². The van der Waals surface area contributed by atoms with Crippen LogP contribution in [-0.4, -0.2) is 17.3 Å². The Bertz CT molecular complexity index is 315. The first kappa shape index (κ1) is 9.57. The van der Waals surface area contributed by atoms with Crippen LogP contribution in [-0.2, 0) is 4.79 Å². The predicted molar refractivity (Wildman–Crippen MR) is 43.6 cm³/mol. The minimum atomic E-state index is -3.00. The van der Waals surface area contributed by atoms with E-state index in [-0.39, 0.29) is 0 Å². The average molecular weight is 186 g/mol. The van der Waals surface area contributed by atoms with Crippen molar-refractivity contribution < 1.29 is 13.6 Å². The number of amides is 1. The third-order valence-corrected chi connectivity index (χ3v) is 1.50. The predicted octanol–water partition coefficient (Wildman–Crippen LogP) is 1.59. The van der Waals surface area contributed by atoms with E-state index in [9.17, 15) is 13.6 Å². The summed E-state index contributed by atoms with van der Waals surface area (Å²) >= 11 is 0. The molecular weight excluding hydrogens is 178 g/mol. The number of rotatable bonds is 2. The van der Waals surface area contributed by atoms with Crippen molar-refractivity contribution in [2.24, 2.45) is 0 Å². The molecule has 0 unspecified atom stereocenters. The molecule has 3 nitrogen and oxygen atoms in total. The minimum absolute atomic E-state index is 0.313. The molecule has 1 N–H and O–H groups in total. The molecule has 0 aliphatic carbocycles. The zero-order valence-corrected chi connectivity index (χ0v) is 6.92. The first-order valence-electron chi connectivity index (χ1n) is 3.61. The average Bonchev–Trinajstić information content (AvgIpc) is 2.08. The van der Waals surface area contributed by atoms with Gasteiger partial charge in [0.2, 0.25) is 0 Å². The van der Waals surface area contributed by atoms with Crippen LogP contribution in [0.15, 0.2) is 18.5 Å². The van der Waals surface area contributed by atoms with Crippen LogP contribution in [0.3, 0.4) is 0 Å². The fourth-order valence-electron chi connectivity index (χ4n) is 0.782. The van der Waals surface area contributed by atoms with E-state index in [1.807, 2.05) is 0 Å². The van der Waals surface area contributed by atoms with Gasteiger partial charge in [0.15, 0.2) is 0 Å². The third-order valence-electron chi connectivity index (χ3n) is 1.50. The second-order valence-corrected chi connectivity index (χ2v) is 2.48. The first-order valence-corrected chi connectivity index (χ1v) is 3.61. The second kappa shape index (κ2) is 3.93. The molecule has 0 saturated heterocycles. The van der Waals surface area contributed by atoms with Gasteiger partial charge in [-0.2, -0.15) is 8.78 Å². The van der Waals surface area contributed by atoms with E-state index in [0.717, 1.165) is 0 Å². The summed E-state index contributed by atoms with van der Waals surface area (Å²) in [6.45, 7) is 1.70. The zero-order chi connectivity index (χ0) is 9.84. The molecule has 1 aromatic rings. The molecule has 0 aliphatic heterocycles. The maximum Gasteiger partial charge on any atom is 0.315 e. The van der Waals surface area contributed by atoms with Crippen molar-refractivity contribution >= 4 is 11.6 Å². The number of pyridine rings is 1. The molecule has 0 aliphatic rings. The highest BCUT2D eigenvalue weighted by molar-refractivity contribution is 5.93. The van der Waals surface area contributed by atoms with Crippen molar-refractivity contribution in [1.82, 2.24) is 4.98 Å². The van der Waals surface area contributed by atoms with Crippen molar-refractivity contribution in [3.05, 3.63) is 24.0 Å². The molecular formula is C8H8F2N2O. The molecule has 0 aromatic carbocycles. The highest BCUT2D eigenvalue weighted by atomic mass is 19.3. The van der Waals surface area contributed by atoms with Crippen LogP contribution in [0.25, 0.3) is 0 Å². The van der Waals surface area contributed by atoms with Crippen molar-refractivity contribution in [2.75, 3.05) is 5.32 Å². The van der Waals surface area contributed by atoms with Crippen LogP contribution in [0.2, 0.25) is 0 Å². The normalized spacial score (nSPS) is 10.2. The minimum Gasteiger partial charge on any atom is -0.320 e. The van der Waals surface area contributed by atoms with E-state index in [0.29, 0.717) is 11.3 Å². The lowest BCUT2D eigenvalue weighted by Gasteiger charge is -2.05. The number of carbonyl (C=O) groups is 1. The van der Waals surface area contributed by atoms with Gasteiger partial charge in [-0.1, -0.05) is 0 Å². The molecule has 70 valence electrons. The highest BCUT2D eigenvalue weighted by Crippen LogP contribution is 2.12. The van der Waals surface area contributed by atoms with Crippen LogP contribution in [0.1, 0.15) is 5.56 Å². The third kappa shape index (κ3) is 2.47. The van der Waals surface area contributed by atoms with E-state index in [2.05, 4.69) is 10.3 Å². The molecule has 0 bridgehead atoms. The molecule has 1 rings (SSSR count). The SMILES string of the molecule is Cc1ccncc1NC(=O)C(F)F. The smallest absolute Gasteiger partial charge is 0.315 e. The number of hydrogen-bond acceptors (Lipinski definition) is 2. The van der Waals surface area contributed by atoms with Crippen LogP contribution in [0, 0.1) is 6.92 Å². The number of carbonyl (C=O) groups excluding carboxylic acids is 1. The molecule has 0 saturated carbocycles. The van der Waals surface area contributed by atoms with Gasteiger partial charge in [-0.25, -0.2) is 0 Å². The van der Waals surface area contributed by atoms with Gasteiger partial charge in [0.05, 0.1) is 11.9 Å². The van der Waals surface area contributed by atoms with E-state index in [1.54, 1.807) is 13.0 Å². The Morgan fingerprint density at radius 1 is 1.62 bits per heavy atom. The van der Waals surface area contributed by atoms with Gasteiger partial charge in [-0.15, -0.1) is 0 Å². The monoisotopic (exact) mass is 186 g/mol. The fourth-order valence-corrected chi connectivity index (χ4v) is 0.782. The van der Waals surface area contributed by atoms with Gasteiger partial charge in [0, 0.05) is 6.20 Å². The summed E-state index contributed by atoms with van der Waals surface area (Å²) in [4.78, 5) is 14.3. The Balaban J connectivity index is 2.75. The maximum atomic E-state index is 11.8. The molecule has 0 radical (unpaired) electrons. The van der Waals surface area contributed by atoms with Crippen molar-refractivity contribution in [3.8, 4) is 0 Å². The number of alkyl halides is 2. The van der Waals surface area contributed by atoms with Crippen molar-refractivity contribution in [2.45, 2.75) is 13.3 Å². The van der Waals surface area contributed by atoms with Gasteiger partial charge in [-0.3, -0.25) is 9.78 Å². The van der Waals surface area contributed by atoms with Crippen LogP contribution in [0.4, 0.5) is 14.5 Å². The molecule has 0 fully saturated rings. The van der Waals surface area contributed by atoms with Crippen molar-refractivity contribution in [3.63, 3.8) is 0 Å². The fraction of sp³-hybridized carbons (Fsp3) is 0.250. The van der Waals surface area contributed by atoms with Gasteiger partial charge >= 0.3 is 6.43 Å². The van der Waals surface area contributed by atoms with E-state index < -0.39 is 12.3 Å². The summed E-state index contributed by atoms with van der Waals surface area (Å²) in [6.07, 6.45) is -0.150. The molecule has 0 spiro atoms. The Kier molecular flexibility index (Phi) is 2.89. The lowest BCUT2D eigenvalue weighted by atomic mass is 10.2. The van der Waals surface area contributed by atoms with Crippen LogP contribution in [0.5, 0.6) is 0 Å². The van der Waals surface area contributed by atoms with Gasteiger partial charge < -0.3 is 5.32 Å². The van der Waals surface area contributed by atoms with Gasteiger partial charge in [-0.05, 0) is 18.6 Å². The standard InChI is InChI=1S/C8H8F2N2O/c1-5-2-3-11-4-6(5)12-8(13)7(9)10/h2-4,7H,1H3,(H,12,13). The summed E-state index contributed by atoms with van der Waals surface area (Å²) in [5.41, 5.74) is 1.01. The molecule has 5 heteroatoms. The number of nitrogens with one attached hydrogen (secondary N) is 1. The van der Waals surface area contributed by atoms with Crippen LogP contribution < -0.4 is 5.32 Å². The quantitative estimate of drug-likeness (QED) is 0.762. The van der Waals surface area contributed by atoms with E-state index >= 15 is 0 Å². The Labute approximate surface area is 73.8 Å². The maximum absolute atomic E-state index is 11.8. The number of aryl methyl sites for hydroxylation is 1. The van der Waals surface area contributed by atoms with Gasteiger partial charge in [0.25, 0.3) is 5.91 Å². The summed E-state index contributed by atoms with van der Waals surface area (Å²) < 4.78 is 23.6. The molecule has 0 atom stereocenters. The van der Waals surface area contributed by atoms with E-state index in [1.165, 1.54) is 12.4 Å². The van der Waals surface area contributed by atoms with Gasteiger partial charge in [0.1, 0.15) is 0 Å². The summed E-state index contributed by atoms with van der Waals surface area (Å²) in [6, 6.07) is 1.63. The Morgan fingerprint density at radius 3 is 2.85 bits per heavy atom. The summed E-state index contributed by atoms with van der Waals surface area (Å²) in [7, 11) is 0. The Hall–Kier alpha value is -1.52. The topological polar surface area (TPSA) is 42.0 Å². The number of aromatic nitrogens is 1. The highest BCUT2D eigenvalue weighted by Gasteiger charge is 2.15. The number of hydrogen-bond donors (Lipinski definition) is 1. The van der Waals surface area contributed by atoms with Crippen molar-refractivity contribution in [1.29, 1.82) is 0 Å². The Morgan fingerprint density at radius 2 is 2.31 bits per heavy atom. The molecule has 1 heterocycles. The van der Waals surface area contributed by atoms with Crippen LogP contribution >= 0.6 is 0 Å². The summed E-state index contributed by atoms with van der Waals surface area (Å²) in [5, 5.41) is 2.06. The lowest BCUT2D eigenvalue weighted by molar-refractivity contribution is -0.126. The summed E-state index contributed by atoms with van der Waals surface area (Å²) in [5.74, 6) is -1.31. The lowest BCUT2D eigenvalue weighted by Crippen LogP contribution is -2.20. The first-order chi connectivity index (χ1) is 6.11. The number of nitrogens with zero attached hydrogens (tertiary/aromatic N) is 1. The second-order valence-electron chi connectivity index (χ2n) is 2.48.